The van der Waals surface area contributed by atoms with Crippen LogP contribution >= 0.6 is 0 Å². The molecule has 0 saturated carbocycles. The molecule has 0 aliphatic carbocycles. The Labute approximate surface area is 160 Å². The summed E-state index contributed by atoms with van der Waals surface area (Å²) in [7, 11) is 0. The first kappa shape index (κ1) is 17.8. The van der Waals surface area contributed by atoms with Gasteiger partial charge in [0, 0.05) is 37.6 Å². The molecule has 0 radical (unpaired) electrons. The van der Waals surface area contributed by atoms with E-state index in [1.807, 2.05) is 12.1 Å². The van der Waals surface area contributed by atoms with Crippen molar-refractivity contribution in [1.82, 2.24) is 9.97 Å². The molecule has 2 aliphatic heterocycles. The van der Waals surface area contributed by atoms with Gasteiger partial charge in [-0.05, 0) is 62.8 Å². The van der Waals surface area contributed by atoms with Crippen molar-refractivity contribution in [1.29, 1.82) is 0 Å². The summed E-state index contributed by atoms with van der Waals surface area (Å²) in [5.41, 5.74) is 2.34. The van der Waals surface area contributed by atoms with Crippen molar-refractivity contribution in [2.24, 2.45) is 0 Å². The number of hydrogen-bond donors (Lipinski definition) is 1. The molecule has 2 aliphatic rings. The Morgan fingerprint density at radius 3 is 2.00 bits per heavy atom. The topological polar surface area (TPSA) is 61.4 Å². The van der Waals surface area contributed by atoms with E-state index in [2.05, 4.69) is 37.2 Å². The summed E-state index contributed by atoms with van der Waals surface area (Å²) >= 11 is 0. The van der Waals surface area contributed by atoms with E-state index in [1.165, 1.54) is 44.2 Å². The number of anilines is 3. The maximum absolute atomic E-state index is 12.5. The van der Waals surface area contributed by atoms with Crippen molar-refractivity contribution < 1.29 is 4.79 Å². The normalized spacial score (nSPS) is 17.6. The monoisotopic (exact) mass is 365 g/mol. The first-order valence-electron chi connectivity index (χ1n) is 10.0. The summed E-state index contributed by atoms with van der Waals surface area (Å²) in [5, 5.41) is 2.91. The van der Waals surface area contributed by atoms with Gasteiger partial charge in [0.05, 0.1) is 12.4 Å². The Morgan fingerprint density at radius 1 is 0.778 bits per heavy atom. The minimum Gasteiger partial charge on any atom is -0.372 e. The van der Waals surface area contributed by atoms with Gasteiger partial charge in [-0.25, -0.2) is 9.97 Å². The molecule has 0 unspecified atom stereocenters. The Kier molecular flexibility index (Phi) is 5.51. The lowest BCUT2D eigenvalue weighted by Crippen LogP contribution is -2.30. The molecule has 1 aromatic heterocycles. The molecule has 1 N–H and O–H groups in total. The fourth-order valence-electron chi connectivity index (χ4n) is 3.83. The third kappa shape index (κ3) is 4.38. The highest BCUT2D eigenvalue weighted by Crippen LogP contribution is 2.22. The summed E-state index contributed by atoms with van der Waals surface area (Å²) in [6.07, 6.45) is 10.8. The van der Waals surface area contributed by atoms with Crippen molar-refractivity contribution in [3.05, 3.63) is 42.4 Å². The van der Waals surface area contributed by atoms with Crippen LogP contribution in [-0.4, -0.2) is 42.1 Å². The summed E-state index contributed by atoms with van der Waals surface area (Å²) < 4.78 is 0. The molecule has 1 aromatic carbocycles. The Hall–Kier alpha value is -2.63. The zero-order chi connectivity index (χ0) is 18.5. The molecule has 142 valence electrons. The summed E-state index contributed by atoms with van der Waals surface area (Å²) in [6, 6.07) is 8.06. The number of nitrogens with one attached hydrogen (secondary N) is 1. The van der Waals surface area contributed by atoms with Crippen LogP contribution in [0.4, 0.5) is 17.2 Å². The van der Waals surface area contributed by atoms with E-state index in [0.29, 0.717) is 5.69 Å². The van der Waals surface area contributed by atoms with E-state index in [4.69, 9.17) is 0 Å². The van der Waals surface area contributed by atoms with Gasteiger partial charge in [0.1, 0.15) is 11.5 Å². The Bertz CT molecular complexity index is 747. The minimum atomic E-state index is -0.224. The molecule has 6 nitrogen and oxygen atoms in total. The quantitative estimate of drug-likeness (QED) is 0.895. The molecule has 3 heterocycles. The van der Waals surface area contributed by atoms with Gasteiger partial charge in [-0.3, -0.25) is 4.79 Å². The fourth-order valence-corrected chi connectivity index (χ4v) is 3.83. The zero-order valence-corrected chi connectivity index (χ0v) is 15.7. The average Bonchev–Trinajstić information content (AvgIpc) is 2.76. The molecule has 2 saturated heterocycles. The fraction of sp³-hybridized carbons (Fsp3) is 0.476. The number of hydrogen-bond acceptors (Lipinski definition) is 5. The number of carbonyl (C=O) groups is 1. The molecule has 4 rings (SSSR count). The van der Waals surface area contributed by atoms with Crippen molar-refractivity contribution >= 4 is 23.1 Å². The van der Waals surface area contributed by atoms with Crippen LogP contribution < -0.4 is 15.1 Å². The predicted molar refractivity (Wildman–Crippen MR) is 109 cm³/mol. The second-order valence-electron chi connectivity index (χ2n) is 7.36. The molecule has 0 spiro atoms. The number of rotatable bonds is 4. The smallest absolute Gasteiger partial charge is 0.275 e. The van der Waals surface area contributed by atoms with Crippen molar-refractivity contribution in [3.8, 4) is 0 Å². The maximum Gasteiger partial charge on any atom is 0.275 e. The van der Waals surface area contributed by atoms with Crippen LogP contribution in [0.3, 0.4) is 0 Å². The highest BCUT2D eigenvalue weighted by Gasteiger charge is 2.15. The SMILES string of the molecule is O=C(Nc1ccc(N2CCCCC2)cc1)c1cnc(N2CCCCC2)cn1. The lowest BCUT2D eigenvalue weighted by molar-refractivity contribution is 0.102. The van der Waals surface area contributed by atoms with Gasteiger partial charge in [-0.2, -0.15) is 0 Å². The molecule has 0 bridgehead atoms. The molecule has 6 heteroatoms. The number of carbonyl (C=O) groups excluding carboxylic acids is 1. The Balaban J connectivity index is 1.36. The standard InChI is InChI=1S/C21H27N5O/c27-21(19-15-23-20(16-22-19)26-13-5-2-6-14-26)24-17-7-9-18(10-8-17)25-11-3-1-4-12-25/h7-10,15-16H,1-6,11-14H2,(H,24,27). The number of benzene rings is 1. The number of amides is 1. The van der Waals surface area contributed by atoms with E-state index in [-0.39, 0.29) is 5.91 Å². The molecule has 0 atom stereocenters. The summed E-state index contributed by atoms with van der Waals surface area (Å²) in [4.78, 5) is 25.8. The predicted octanol–water partition coefficient (Wildman–Crippen LogP) is 3.71. The van der Waals surface area contributed by atoms with Crippen LogP contribution in [0.2, 0.25) is 0 Å². The van der Waals surface area contributed by atoms with Gasteiger partial charge in [0.25, 0.3) is 5.91 Å². The van der Waals surface area contributed by atoms with Crippen LogP contribution in [-0.2, 0) is 0 Å². The Morgan fingerprint density at radius 2 is 1.41 bits per heavy atom. The van der Waals surface area contributed by atoms with Crippen LogP contribution in [0.15, 0.2) is 36.7 Å². The second-order valence-corrected chi connectivity index (χ2v) is 7.36. The molecule has 2 aromatic rings. The van der Waals surface area contributed by atoms with E-state index in [1.54, 1.807) is 12.4 Å². The molecule has 27 heavy (non-hydrogen) atoms. The van der Waals surface area contributed by atoms with Gasteiger partial charge in [-0.15, -0.1) is 0 Å². The number of aromatic nitrogens is 2. The van der Waals surface area contributed by atoms with E-state index in [9.17, 15) is 4.79 Å². The summed E-state index contributed by atoms with van der Waals surface area (Å²) in [6.45, 7) is 4.27. The first-order valence-corrected chi connectivity index (χ1v) is 10.0. The lowest BCUT2D eigenvalue weighted by Gasteiger charge is -2.28. The van der Waals surface area contributed by atoms with E-state index in [0.717, 1.165) is 37.7 Å². The maximum atomic E-state index is 12.5. The largest absolute Gasteiger partial charge is 0.372 e. The molecule has 2 fully saturated rings. The molecular weight excluding hydrogens is 338 g/mol. The lowest BCUT2D eigenvalue weighted by atomic mass is 10.1. The van der Waals surface area contributed by atoms with Crippen LogP contribution in [0, 0.1) is 0 Å². The van der Waals surface area contributed by atoms with E-state index < -0.39 is 0 Å². The molecular formula is C21H27N5O. The number of piperidine rings is 2. The average molecular weight is 365 g/mol. The van der Waals surface area contributed by atoms with Gasteiger partial charge in [0.2, 0.25) is 0 Å². The second kappa shape index (κ2) is 8.37. The van der Waals surface area contributed by atoms with Crippen molar-refractivity contribution in [2.45, 2.75) is 38.5 Å². The summed E-state index contributed by atoms with van der Waals surface area (Å²) in [5.74, 6) is 0.635. The minimum absolute atomic E-state index is 0.224. The van der Waals surface area contributed by atoms with Gasteiger partial charge in [-0.1, -0.05) is 0 Å². The highest BCUT2D eigenvalue weighted by molar-refractivity contribution is 6.02. The number of nitrogens with zero attached hydrogens (tertiary/aromatic N) is 4. The molecule has 1 amide bonds. The van der Waals surface area contributed by atoms with Crippen molar-refractivity contribution in [2.75, 3.05) is 41.3 Å². The first-order chi connectivity index (χ1) is 13.3. The van der Waals surface area contributed by atoms with Crippen LogP contribution in [0.1, 0.15) is 49.0 Å². The highest BCUT2D eigenvalue weighted by atomic mass is 16.1. The zero-order valence-electron chi connectivity index (χ0n) is 15.7. The third-order valence-corrected chi connectivity index (χ3v) is 5.40. The van der Waals surface area contributed by atoms with Crippen molar-refractivity contribution in [3.63, 3.8) is 0 Å². The van der Waals surface area contributed by atoms with E-state index >= 15 is 0 Å². The van der Waals surface area contributed by atoms with Gasteiger partial charge in [0.15, 0.2) is 0 Å². The van der Waals surface area contributed by atoms with Gasteiger partial charge >= 0.3 is 0 Å². The van der Waals surface area contributed by atoms with Crippen LogP contribution in [0.5, 0.6) is 0 Å². The van der Waals surface area contributed by atoms with Crippen LogP contribution in [0.25, 0.3) is 0 Å². The van der Waals surface area contributed by atoms with Gasteiger partial charge < -0.3 is 15.1 Å². The third-order valence-electron chi connectivity index (χ3n) is 5.40.